The van der Waals surface area contributed by atoms with Crippen LogP contribution < -0.4 is 5.32 Å². The Morgan fingerprint density at radius 3 is 2.56 bits per heavy atom. The van der Waals surface area contributed by atoms with Gasteiger partial charge in [-0.05, 0) is 48.0 Å². The topological polar surface area (TPSA) is 46.9 Å². The van der Waals surface area contributed by atoms with E-state index in [-0.39, 0.29) is 5.91 Å². The van der Waals surface area contributed by atoms with Crippen LogP contribution in [0.3, 0.4) is 0 Å². The molecule has 0 saturated carbocycles. The van der Waals surface area contributed by atoms with Gasteiger partial charge in [0.25, 0.3) is 5.91 Å². The van der Waals surface area contributed by atoms with Crippen LogP contribution in [0.4, 0.5) is 5.69 Å². The van der Waals surface area contributed by atoms with E-state index in [0.29, 0.717) is 16.3 Å². The first-order valence-corrected chi connectivity index (χ1v) is 8.99. The van der Waals surface area contributed by atoms with Gasteiger partial charge in [0.2, 0.25) is 0 Å². The van der Waals surface area contributed by atoms with E-state index >= 15 is 0 Å². The van der Waals surface area contributed by atoms with E-state index in [1.54, 1.807) is 18.3 Å². The maximum Gasteiger partial charge on any atom is 0.255 e. The van der Waals surface area contributed by atoms with Gasteiger partial charge in [0, 0.05) is 35.8 Å². The number of hydrogen-bond acceptors (Lipinski definition) is 2. The summed E-state index contributed by atoms with van der Waals surface area (Å²) < 4.78 is 1.97. The minimum Gasteiger partial charge on any atom is -0.331 e. The van der Waals surface area contributed by atoms with Gasteiger partial charge in [0.15, 0.2) is 0 Å². The Bertz CT molecular complexity index is 1160. The molecule has 0 aliphatic carbocycles. The lowest BCUT2D eigenvalue weighted by molar-refractivity contribution is 0.102. The van der Waals surface area contributed by atoms with Gasteiger partial charge in [-0.1, -0.05) is 41.9 Å². The Morgan fingerprint density at radius 1 is 1.04 bits per heavy atom. The van der Waals surface area contributed by atoms with Gasteiger partial charge in [-0.15, -0.1) is 0 Å². The third kappa shape index (κ3) is 3.32. The lowest BCUT2D eigenvalue weighted by Crippen LogP contribution is -2.12. The van der Waals surface area contributed by atoms with E-state index < -0.39 is 0 Å². The molecule has 0 bridgehead atoms. The summed E-state index contributed by atoms with van der Waals surface area (Å²) >= 11 is 6.36. The summed E-state index contributed by atoms with van der Waals surface area (Å²) in [5, 5.41) is 5.68. The fraction of sp³-hybridized carbons (Fsp3) is 0.0909. The SMILES string of the molecule is Cc1cnc(-c2cc(NC(=O)c3ccc4ccccc4c3)ccc2Cl)n1C. The third-order valence-corrected chi connectivity index (χ3v) is 5.03. The molecule has 1 heterocycles. The number of imidazole rings is 1. The standard InChI is InChI=1S/C22H18ClN3O/c1-14-13-24-21(26(14)2)19-12-18(9-10-20(19)23)25-22(27)17-8-7-15-5-3-4-6-16(15)11-17/h3-13H,1-2H3,(H,25,27). The Kier molecular flexibility index (Phi) is 4.42. The molecule has 134 valence electrons. The highest BCUT2D eigenvalue weighted by atomic mass is 35.5. The van der Waals surface area contributed by atoms with E-state index in [2.05, 4.69) is 10.3 Å². The largest absolute Gasteiger partial charge is 0.331 e. The number of nitrogens with one attached hydrogen (secondary N) is 1. The number of anilines is 1. The van der Waals surface area contributed by atoms with Crippen molar-refractivity contribution in [3.05, 3.63) is 83.1 Å². The van der Waals surface area contributed by atoms with Gasteiger partial charge >= 0.3 is 0 Å². The summed E-state index contributed by atoms with van der Waals surface area (Å²) in [7, 11) is 1.94. The van der Waals surface area contributed by atoms with Crippen LogP contribution in [-0.4, -0.2) is 15.5 Å². The number of carbonyl (C=O) groups is 1. The maximum absolute atomic E-state index is 12.7. The lowest BCUT2D eigenvalue weighted by Gasteiger charge is -2.10. The number of hydrogen-bond donors (Lipinski definition) is 1. The minimum atomic E-state index is -0.162. The Morgan fingerprint density at radius 2 is 1.81 bits per heavy atom. The van der Waals surface area contributed by atoms with Crippen molar-refractivity contribution >= 4 is 34.0 Å². The summed E-state index contributed by atoms with van der Waals surface area (Å²) in [5.74, 6) is 0.601. The predicted molar refractivity (Wildman–Crippen MR) is 110 cm³/mol. The number of carbonyl (C=O) groups excluding carboxylic acids is 1. The van der Waals surface area contributed by atoms with Crippen molar-refractivity contribution in [2.45, 2.75) is 6.92 Å². The molecule has 4 nitrogen and oxygen atoms in total. The molecule has 0 aliphatic heterocycles. The molecule has 0 atom stereocenters. The fourth-order valence-corrected chi connectivity index (χ4v) is 3.26. The number of nitrogens with zero attached hydrogens (tertiary/aromatic N) is 2. The van der Waals surface area contributed by atoms with Gasteiger partial charge in [0.1, 0.15) is 5.82 Å². The van der Waals surface area contributed by atoms with Crippen LogP contribution in [0.15, 0.2) is 66.9 Å². The molecule has 3 aromatic carbocycles. The monoisotopic (exact) mass is 375 g/mol. The zero-order valence-electron chi connectivity index (χ0n) is 15.0. The summed E-state index contributed by atoms with van der Waals surface area (Å²) in [6.07, 6.45) is 1.80. The first-order valence-electron chi connectivity index (χ1n) is 8.61. The van der Waals surface area contributed by atoms with Crippen LogP contribution in [-0.2, 0) is 7.05 Å². The number of fused-ring (bicyclic) bond motifs is 1. The summed E-state index contributed by atoms with van der Waals surface area (Å²) in [5.41, 5.74) is 3.10. The van der Waals surface area contributed by atoms with E-state index in [0.717, 1.165) is 27.9 Å². The quantitative estimate of drug-likeness (QED) is 0.517. The minimum absolute atomic E-state index is 0.162. The van der Waals surface area contributed by atoms with Crippen LogP contribution >= 0.6 is 11.6 Å². The predicted octanol–water partition coefficient (Wildman–Crippen LogP) is 5.45. The Labute approximate surface area is 162 Å². The van der Waals surface area contributed by atoms with Gasteiger partial charge in [-0.25, -0.2) is 4.98 Å². The molecule has 0 spiro atoms. The number of rotatable bonds is 3. The number of aryl methyl sites for hydroxylation is 1. The van der Waals surface area contributed by atoms with Gasteiger partial charge < -0.3 is 9.88 Å². The van der Waals surface area contributed by atoms with Crippen molar-refractivity contribution in [2.75, 3.05) is 5.32 Å². The molecule has 1 aromatic heterocycles. The second-order valence-electron chi connectivity index (χ2n) is 6.49. The van der Waals surface area contributed by atoms with Crippen molar-refractivity contribution in [3.8, 4) is 11.4 Å². The summed E-state index contributed by atoms with van der Waals surface area (Å²) in [4.78, 5) is 17.1. The number of aromatic nitrogens is 2. The summed E-state index contributed by atoms with van der Waals surface area (Å²) in [6, 6.07) is 19.1. The first-order chi connectivity index (χ1) is 13.0. The normalized spacial score (nSPS) is 10.9. The van der Waals surface area contributed by atoms with E-state index in [1.807, 2.05) is 67.1 Å². The lowest BCUT2D eigenvalue weighted by atomic mass is 10.1. The molecule has 0 radical (unpaired) electrons. The highest BCUT2D eigenvalue weighted by Gasteiger charge is 2.13. The van der Waals surface area contributed by atoms with Crippen LogP contribution in [0, 0.1) is 6.92 Å². The molecule has 0 fully saturated rings. The molecular weight excluding hydrogens is 358 g/mol. The smallest absolute Gasteiger partial charge is 0.255 e. The van der Waals surface area contributed by atoms with Gasteiger partial charge in [-0.2, -0.15) is 0 Å². The van der Waals surface area contributed by atoms with Gasteiger partial charge in [-0.3, -0.25) is 4.79 Å². The molecule has 0 aliphatic rings. The molecule has 4 rings (SSSR count). The van der Waals surface area contributed by atoms with Gasteiger partial charge in [0.05, 0.1) is 5.02 Å². The highest BCUT2D eigenvalue weighted by molar-refractivity contribution is 6.33. The molecule has 5 heteroatoms. The molecule has 4 aromatic rings. The molecule has 1 amide bonds. The van der Waals surface area contributed by atoms with E-state index in [1.165, 1.54) is 0 Å². The average molecular weight is 376 g/mol. The van der Waals surface area contributed by atoms with Crippen molar-refractivity contribution in [1.82, 2.24) is 9.55 Å². The summed E-state index contributed by atoms with van der Waals surface area (Å²) in [6.45, 7) is 1.98. The molecular formula is C22H18ClN3O. The third-order valence-electron chi connectivity index (χ3n) is 4.70. The number of amides is 1. The fourth-order valence-electron chi connectivity index (χ4n) is 3.05. The van der Waals surface area contributed by atoms with Crippen molar-refractivity contribution < 1.29 is 4.79 Å². The Hall–Kier alpha value is -3.11. The Balaban J connectivity index is 1.64. The molecule has 0 unspecified atom stereocenters. The van der Waals surface area contributed by atoms with Crippen molar-refractivity contribution in [3.63, 3.8) is 0 Å². The number of halogens is 1. The first kappa shape index (κ1) is 17.3. The van der Waals surface area contributed by atoms with Crippen LogP contribution in [0.1, 0.15) is 16.1 Å². The van der Waals surface area contributed by atoms with Crippen LogP contribution in [0.2, 0.25) is 5.02 Å². The zero-order valence-corrected chi connectivity index (χ0v) is 15.8. The molecule has 0 saturated heterocycles. The highest BCUT2D eigenvalue weighted by Crippen LogP contribution is 2.30. The maximum atomic E-state index is 12.7. The zero-order chi connectivity index (χ0) is 19.0. The average Bonchev–Trinajstić information content (AvgIpc) is 3.01. The van der Waals surface area contributed by atoms with E-state index in [9.17, 15) is 4.79 Å². The van der Waals surface area contributed by atoms with Crippen molar-refractivity contribution in [2.24, 2.45) is 7.05 Å². The van der Waals surface area contributed by atoms with E-state index in [4.69, 9.17) is 11.6 Å². The number of benzene rings is 3. The van der Waals surface area contributed by atoms with Crippen LogP contribution in [0.5, 0.6) is 0 Å². The molecule has 27 heavy (non-hydrogen) atoms. The second kappa shape index (κ2) is 6.89. The molecule has 1 N–H and O–H groups in total. The second-order valence-corrected chi connectivity index (χ2v) is 6.90. The van der Waals surface area contributed by atoms with Crippen molar-refractivity contribution in [1.29, 1.82) is 0 Å². The van der Waals surface area contributed by atoms with Crippen LogP contribution in [0.25, 0.3) is 22.2 Å².